The van der Waals surface area contributed by atoms with Crippen LogP contribution in [0.5, 0.6) is 0 Å². The highest BCUT2D eigenvalue weighted by Crippen LogP contribution is 2.38. The van der Waals surface area contributed by atoms with Crippen molar-refractivity contribution < 1.29 is 13.9 Å². The minimum Gasteiger partial charge on any atom is -0.386 e. The molecule has 0 aliphatic carbocycles. The Morgan fingerprint density at radius 3 is 2.16 bits per heavy atom. The summed E-state index contributed by atoms with van der Waals surface area (Å²) in [5, 5.41) is 10.6. The summed E-state index contributed by atoms with van der Waals surface area (Å²) in [6.07, 6.45) is 0.00650. The fraction of sp³-hybridized carbons (Fsp3) is 0.600. The van der Waals surface area contributed by atoms with E-state index in [1.165, 1.54) is 12.1 Å². The smallest absolute Gasteiger partial charge is 0.134 e. The molecule has 1 rings (SSSR count). The molecule has 0 radical (unpaired) electrons. The molecule has 0 bridgehead atoms. The molecule has 1 unspecified atom stereocenters. The van der Waals surface area contributed by atoms with Gasteiger partial charge in [0.05, 0.1) is 11.1 Å². The molecule has 4 heteroatoms. The lowest BCUT2D eigenvalue weighted by atomic mass is 9.81. The van der Waals surface area contributed by atoms with Gasteiger partial charge in [-0.15, -0.1) is 0 Å². The van der Waals surface area contributed by atoms with Gasteiger partial charge in [0.25, 0.3) is 0 Å². The Balaban J connectivity index is 3.40. The van der Waals surface area contributed by atoms with E-state index in [0.717, 1.165) is 0 Å². The van der Waals surface area contributed by atoms with Gasteiger partial charge in [0, 0.05) is 0 Å². The molecule has 0 heterocycles. The van der Waals surface area contributed by atoms with Crippen molar-refractivity contribution in [3.05, 3.63) is 34.9 Å². The van der Waals surface area contributed by atoms with Gasteiger partial charge in [-0.3, -0.25) is 0 Å². The summed E-state index contributed by atoms with van der Waals surface area (Å²) in [4.78, 5) is 1.85. The molecule has 0 aliphatic rings. The van der Waals surface area contributed by atoms with Gasteiger partial charge in [-0.05, 0) is 45.5 Å². The first kappa shape index (κ1) is 16.1. The van der Waals surface area contributed by atoms with E-state index >= 15 is 0 Å². The monoisotopic (exact) mass is 271 g/mol. The Bertz CT molecular complexity index is 442. The molecule has 0 spiro atoms. The van der Waals surface area contributed by atoms with Crippen LogP contribution in [0.25, 0.3) is 0 Å². The van der Waals surface area contributed by atoms with Crippen molar-refractivity contribution in [2.75, 3.05) is 14.1 Å². The van der Waals surface area contributed by atoms with Crippen LogP contribution in [0.2, 0.25) is 0 Å². The Morgan fingerprint density at radius 1 is 1.21 bits per heavy atom. The van der Waals surface area contributed by atoms with E-state index < -0.39 is 23.3 Å². The van der Waals surface area contributed by atoms with Crippen LogP contribution >= 0.6 is 0 Å². The average Bonchev–Trinajstić information content (AvgIpc) is 2.36. The third-order valence-corrected chi connectivity index (χ3v) is 4.22. The van der Waals surface area contributed by atoms with Crippen LogP contribution in [0.3, 0.4) is 0 Å². The van der Waals surface area contributed by atoms with Crippen molar-refractivity contribution in [3.8, 4) is 0 Å². The summed E-state index contributed by atoms with van der Waals surface area (Å²) in [7, 11) is 3.64. The number of nitrogens with zero attached hydrogens (tertiary/aromatic N) is 1. The SMILES string of the molecule is CCC(CC)(C(O)c1c(F)ccc(C)c1F)N(C)C. The van der Waals surface area contributed by atoms with E-state index in [0.29, 0.717) is 18.4 Å². The van der Waals surface area contributed by atoms with Crippen molar-refractivity contribution >= 4 is 0 Å². The van der Waals surface area contributed by atoms with Gasteiger partial charge in [-0.2, -0.15) is 0 Å². The molecular weight excluding hydrogens is 248 g/mol. The quantitative estimate of drug-likeness (QED) is 0.887. The zero-order valence-corrected chi connectivity index (χ0v) is 12.3. The van der Waals surface area contributed by atoms with E-state index in [9.17, 15) is 13.9 Å². The van der Waals surface area contributed by atoms with Gasteiger partial charge in [0.2, 0.25) is 0 Å². The summed E-state index contributed by atoms with van der Waals surface area (Å²) in [5.74, 6) is -1.34. The number of hydrogen-bond acceptors (Lipinski definition) is 2. The molecule has 0 fully saturated rings. The number of halogens is 2. The van der Waals surface area contributed by atoms with Crippen molar-refractivity contribution in [2.24, 2.45) is 0 Å². The third-order valence-electron chi connectivity index (χ3n) is 4.22. The Labute approximate surface area is 114 Å². The van der Waals surface area contributed by atoms with E-state index in [-0.39, 0.29) is 5.56 Å². The zero-order chi connectivity index (χ0) is 14.8. The molecule has 0 saturated heterocycles. The molecule has 0 saturated carbocycles. The van der Waals surface area contributed by atoms with Gasteiger partial charge in [-0.1, -0.05) is 19.9 Å². The zero-order valence-electron chi connectivity index (χ0n) is 12.3. The highest BCUT2D eigenvalue weighted by atomic mass is 19.1. The van der Waals surface area contributed by atoms with Crippen molar-refractivity contribution in [2.45, 2.75) is 45.3 Å². The normalized spacial score (nSPS) is 13.9. The van der Waals surface area contributed by atoms with Crippen LogP contribution in [0.15, 0.2) is 12.1 Å². The average molecular weight is 271 g/mol. The molecule has 1 aromatic rings. The molecule has 1 aromatic carbocycles. The second-order valence-electron chi connectivity index (χ2n) is 5.20. The van der Waals surface area contributed by atoms with Crippen molar-refractivity contribution in [1.82, 2.24) is 4.90 Å². The first-order valence-corrected chi connectivity index (χ1v) is 6.61. The molecule has 0 aromatic heterocycles. The predicted molar refractivity (Wildman–Crippen MR) is 73.1 cm³/mol. The number of aliphatic hydroxyl groups excluding tert-OH is 1. The molecule has 1 atom stereocenters. The standard InChI is InChI=1S/C15H23F2NO/c1-6-15(7-2,18(4)5)14(19)12-11(16)9-8-10(3)13(12)17/h8-9,14,19H,6-7H2,1-5H3. The second-order valence-corrected chi connectivity index (χ2v) is 5.20. The summed E-state index contributed by atoms with van der Waals surface area (Å²) < 4.78 is 28.1. The van der Waals surface area contributed by atoms with E-state index in [1.807, 2.05) is 32.8 Å². The van der Waals surface area contributed by atoms with Gasteiger partial charge < -0.3 is 10.0 Å². The fourth-order valence-corrected chi connectivity index (χ4v) is 2.71. The molecule has 2 nitrogen and oxygen atoms in total. The molecule has 108 valence electrons. The summed E-state index contributed by atoms with van der Waals surface area (Å²) in [6.45, 7) is 5.40. The number of benzene rings is 1. The number of aryl methyl sites for hydroxylation is 1. The molecule has 19 heavy (non-hydrogen) atoms. The van der Waals surface area contributed by atoms with E-state index in [4.69, 9.17) is 0 Å². The Hall–Kier alpha value is -1.00. The Kier molecular flexibility index (Phi) is 5.04. The van der Waals surface area contributed by atoms with Gasteiger partial charge in [0.1, 0.15) is 17.7 Å². The minimum atomic E-state index is -1.20. The maximum Gasteiger partial charge on any atom is 0.134 e. The van der Waals surface area contributed by atoms with Crippen LogP contribution in [-0.2, 0) is 0 Å². The van der Waals surface area contributed by atoms with Gasteiger partial charge >= 0.3 is 0 Å². The molecular formula is C15H23F2NO. The number of hydrogen-bond donors (Lipinski definition) is 1. The largest absolute Gasteiger partial charge is 0.386 e. The topological polar surface area (TPSA) is 23.5 Å². The van der Waals surface area contributed by atoms with Crippen LogP contribution in [0.4, 0.5) is 8.78 Å². The lowest BCUT2D eigenvalue weighted by molar-refractivity contribution is -0.0188. The first-order chi connectivity index (χ1) is 8.81. The lowest BCUT2D eigenvalue weighted by Crippen LogP contribution is -2.48. The molecule has 0 aliphatic heterocycles. The third kappa shape index (κ3) is 2.65. The summed E-state index contributed by atoms with van der Waals surface area (Å²) >= 11 is 0. The van der Waals surface area contributed by atoms with E-state index in [2.05, 4.69) is 0 Å². The second kappa shape index (κ2) is 5.97. The Morgan fingerprint density at radius 2 is 1.74 bits per heavy atom. The van der Waals surface area contributed by atoms with Gasteiger partial charge in [0.15, 0.2) is 0 Å². The van der Waals surface area contributed by atoms with E-state index in [1.54, 1.807) is 6.92 Å². The number of likely N-dealkylation sites (N-methyl/N-ethyl adjacent to an activating group) is 1. The van der Waals surface area contributed by atoms with Crippen LogP contribution in [-0.4, -0.2) is 29.6 Å². The summed E-state index contributed by atoms with van der Waals surface area (Å²) in [5.41, 5.74) is -0.553. The van der Waals surface area contributed by atoms with Crippen LogP contribution in [0.1, 0.15) is 43.9 Å². The molecule has 0 amide bonds. The minimum absolute atomic E-state index is 0.225. The van der Waals surface area contributed by atoms with Gasteiger partial charge in [-0.25, -0.2) is 8.78 Å². The highest BCUT2D eigenvalue weighted by molar-refractivity contribution is 5.30. The number of aliphatic hydroxyl groups is 1. The predicted octanol–water partition coefficient (Wildman–Crippen LogP) is 3.43. The van der Waals surface area contributed by atoms with Crippen LogP contribution in [0, 0.1) is 18.6 Å². The summed E-state index contributed by atoms with van der Waals surface area (Å²) in [6, 6.07) is 2.60. The van der Waals surface area contributed by atoms with Crippen LogP contribution < -0.4 is 0 Å². The van der Waals surface area contributed by atoms with Crippen molar-refractivity contribution in [1.29, 1.82) is 0 Å². The molecule has 1 N–H and O–H groups in total. The maximum absolute atomic E-state index is 14.2. The highest BCUT2D eigenvalue weighted by Gasteiger charge is 2.40. The van der Waals surface area contributed by atoms with Crippen molar-refractivity contribution in [3.63, 3.8) is 0 Å². The maximum atomic E-state index is 14.2. The number of rotatable bonds is 5. The first-order valence-electron chi connectivity index (χ1n) is 6.61. The fourth-order valence-electron chi connectivity index (χ4n) is 2.71. The lowest BCUT2D eigenvalue weighted by Gasteiger charge is -2.43.